The lowest BCUT2D eigenvalue weighted by Crippen LogP contribution is -2.57. The number of nitrogens with zero attached hydrogens (tertiary/aromatic N) is 3. The summed E-state index contributed by atoms with van der Waals surface area (Å²) in [7, 11) is -3.53. The van der Waals surface area contributed by atoms with Crippen molar-refractivity contribution in [1.29, 1.82) is 0 Å². The maximum Gasteiger partial charge on any atom is 0.293 e. The molecule has 2 saturated heterocycles. The van der Waals surface area contributed by atoms with Crippen LogP contribution in [-0.4, -0.2) is 82.4 Å². The molecule has 28 heavy (non-hydrogen) atoms. The average molecular weight is 435 g/mol. The molecule has 0 aromatic heterocycles. The summed E-state index contributed by atoms with van der Waals surface area (Å²) in [5.41, 5.74) is 0.110. The minimum Gasteiger partial charge on any atom is -0.378 e. The van der Waals surface area contributed by atoms with Gasteiger partial charge in [0, 0.05) is 45.0 Å². The SMILES string of the molecule is CS(=O)(=O)c1ccc(N2CCN(C(=O)C3COCCN3)CC2)c([N+](=O)[O-])c1.Cl. The summed E-state index contributed by atoms with van der Waals surface area (Å²) in [5, 5.41) is 14.5. The van der Waals surface area contributed by atoms with Gasteiger partial charge in [-0.2, -0.15) is 0 Å². The van der Waals surface area contributed by atoms with E-state index in [2.05, 4.69) is 5.32 Å². The molecular weight excluding hydrogens is 412 g/mol. The Morgan fingerprint density at radius 2 is 1.96 bits per heavy atom. The van der Waals surface area contributed by atoms with Gasteiger partial charge in [0.05, 0.1) is 23.0 Å². The molecule has 1 unspecified atom stereocenters. The van der Waals surface area contributed by atoms with Crippen LogP contribution in [0, 0.1) is 10.1 Å². The number of carbonyl (C=O) groups is 1. The number of rotatable bonds is 4. The van der Waals surface area contributed by atoms with Crippen molar-refractivity contribution in [3.05, 3.63) is 28.3 Å². The summed E-state index contributed by atoms with van der Waals surface area (Å²) in [4.78, 5) is 26.8. The number of benzene rings is 1. The van der Waals surface area contributed by atoms with Gasteiger partial charge in [0.2, 0.25) is 5.91 Å². The van der Waals surface area contributed by atoms with Crippen molar-refractivity contribution in [3.8, 4) is 0 Å². The fourth-order valence-corrected chi connectivity index (χ4v) is 3.90. The van der Waals surface area contributed by atoms with Gasteiger partial charge in [-0.1, -0.05) is 0 Å². The molecule has 156 valence electrons. The zero-order valence-electron chi connectivity index (χ0n) is 15.4. The molecule has 1 aromatic rings. The number of piperazine rings is 1. The summed E-state index contributed by atoms with van der Waals surface area (Å²) in [6, 6.07) is 3.57. The van der Waals surface area contributed by atoms with Gasteiger partial charge in [0.15, 0.2) is 9.84 Å². The Bertz CT molecular complexity index is 836. The normalized spacial score (nSPS) is 20.4. The molecule has 0 spiro atoms. The molecule has 12 heteroatoms. The molecule has 10 nitrogen and oxygen atoms in total. The number of nitro benzene ring substituents is 1. The Morgan fingerprint density at radius 1 is 1.29 bits per heavy atom. The van der Waals surface area contributed by atoms with E-state index in [9.17, 15) is 23.3 Å². The Kier molecular flexibility index (Phi) is 7.21. The van der Waals surface area contributed by atoms with E-state index in [0.717, 1.165) is 12.3 Å². The van der Waals surface area contributed by atoms with E-state index in [1.807, 2.05) is 0 Å². The third kappa shape index (κ3) is 4.90. The second-order valence-electron chi connectivity index (χ2n) is 6.57. The van der Waals surface area contributed by atoms with E-state index >= 15 is 0 Å². The monoisotopic (exact) mass is 434 g/mol. The fraction of sp³-hybridized carbons (Fsp3) is 0.562. The maximum atomic E-state index is 12.5. The van der Waals surface area contributed by atoms with Crippen molar-refractivity contribution in [2.75, 3.05) is 57.1 Å². The first-order chi connectivity index (χ1) is 12.8. The van der Waals surface area contributed by atoms with Crippen LogP contribution >= 0.6 is 12.4 Å². The van der Waals surface area contributed by atoms with Crippen LogP contribution in [0.15, 0.2) is 23.1 Å². The summed E-state index contributed by atoms with van der Waals surface area (Å²) in [5.74, 6) is -0.0312. The molecular formula is C16H23ClN4O6S. The van der Waals surface area contributed by atoms with Crippen molar-refractivity contribution in [2.45, 2.75) is 10.9 Å². The summed E-state index contributed by atoms with van der Waals surface area (Å²) in [6.07, 6.45) is 1.01. The number of hydrogen-bond donors (Lipinski definition) is 1. The lowest BCUT2D eigenvalue weighted by molar-refractivity contribution is -0.384. The number of carbonyl (C=O) groups excluding carboxylic acids is 1. The first-order valence-electron chi connectivity index (χ1n) is 8.61. The predicted molar refractivity (Wildman–Crippen MR) is 105 cm³/mol. The van der Waals surface area contributed by atoms with E-state index < -0.39 is 14.8 Å². The highest BCUT2D eigenvalue weighted by Crippen LogP contribution is 2.31. The highest BCUT2D eigenvalue weighted by atomic mass is 35.5. The molecule has 1 atom stereocenters. The number of nitrogens with one attached hydrogen (secondary N) is 1. The fourth-order valence-electron chi connectivity index (χ4n) is 3.26. The Labute approximate surface area is 169 Å². The number of anilines is 1. The Balaban J connectivity index is 0.00000280. The largest absolute Gasteiger partial charge is 0.378 e. The lowest BCUT2D eigenvalue weighted by Gasteiger charge is -2.38. The second-order valence-corrected chi connectivity index (χ2v) is 8.59. The topological polar surface area (TPSA) is 122 Å². The van der Waals surface area contributed by atoms with Gasteiger partial charge < -0.3 is 19.9 Å². The van der Waals surface area contributed by atoms with Crippen molar-refractivity contribution in [2.24, 2.45) is 0 Å². The molecule has 2 fully saturated rings. The molecule has 1 N–H and O–H groups in total. The third-order valence-electron chi connectivity index (χ3n) is 4.72. The molecule has 1 amide bonds. The van der Waals surface area contributed by atoms with Gasteiger partial charge in [-0.25, -0.2) is 8.42 Å². The Hall–Kier alpha value is -1.95. The van der Waals surface area contributed by atoms with Crippen LogP contribution in [-0.2, 0) is 19.4 Å². The second kappa shape index (κ2) is 9.03. The van der Waals surface area contributed by atoms with Crippen molar-refractivity contribution < 1.29 is 22.9 Å². The first-order valence-corrected chi connectivity index (χ1v) is 10.5. The molecule has 2 heterocycles. The van der Waals surface area contributed by atoms with E-state index in [0.29, 0.717) is 51.6 Å². The van der Waals surface area contributed by atoms with Gasteiger partial charge in [-0.05, 0) is 12.1 Å². The molecule has 2 aliphatic rings. The number of sulfone groups is 1. The minimum absolute atomic E-state index is 0. The number of nitro groups is 1. The minimum atomic E-state index is -3.53. The molecule has 0 radical (unpaired) electrons. The zero-order chi connectivity index (χ0) is 19.6. The van der Waals surface area contributed by atoms with Crippen LogP contribution in [0.5, 0.6) is 0 Å². The molecule has 3 rings (SSSR count). The lowest BCUT2D eigenvalue weighted by atomic mass is 10.2. The van der Waals surface area contributed by atoms with Gasteiger partial charge in [-0.3, -0.25) is 14.9 Å². The molecule has 2 aliphatic heterocycles. The van der Waals surface area contributed by atoms with Gasteiger partial charge in [0.25, 0.3) is 5.69 Å². The molecule has 0 aliphatic carbocycles. The van der Waals surface area contributed by atoms with Crippen LogP contribution in [0.25, 0.3) is 0 Å². The van der Waals surface area contributed by atoms with Crippen molar-refractivity contribution in [3.63, 3.8) is 0 Å². The van der Waals surface area contributed by atoms with E-state index in [1.54, 1.807) is 9.80 Å². The predicted octanol–water partition coefficient (Wildman–Crippen LogP) is 0.0571. The van der Waals surface area contributed by atoms with Gasteiger partial charge in [0.1, 0.15) is 11.7 Å². The smallest absolute Gasteiger partial charge is 0.293 e. The van der Waals surface area contributed by atoms with Crippen LogP contribution < -0.4 is 10.2 Å². The van der Waals surface area contributed by atoms with Crippen molar-refractivity contribution >= 4 is 39.5 Å². The first kappa shape index (κ1) is 22.3. The highest BCUT2D eigenvalue weighted by Gasteiger charge is 2.31. The molecule has 1 aromatic carbocycles. The summed E-state index contributed by atoms with van der Waals surface area (Å²) in [6.45, 7) is 3.29. The summed E-state index contributed by atoms with van der Waals surface area (Å²) >= 11 is 0. The van der Waals surface area contributed by atoms with E-state index in [-0.39, 0.29) is 34.9 Å². The van der Waals surface area contributed by atoms with E-state index in [4.69, 9.17) is 4.74 Å². The quantitative estimate of drug-likeness (QED) is 0.521. The molecule has 0 bridgehead atoms. The number of ether oxygens (including phenoxy) is 1. The van der Waals surface area contributed by atoms with E-state index in [1.165, 1.54) is 12.1 Å². The summed E-state index contributed by atoms with van der Waals surface area (Å²) < 4.78 is 28.7. The number of amides is 1. The zero-order valence-corrected chi connectivity index (χ0v) is 17.0. The number of halogens is 1. The molecule has 0 saturated carbocycles. The number of morpholine rings is 1. The highest BCUT2D eigenvalue weighted by molar-refractivity contribution is 7.90. The number of hydrogen-bond acceptors (Lipinski definition) is 8. The van der Waals surface area contributed by atoms with Crippen LogP contribution in [0.1, 0.15) is 0 Å². The van der Waals surface area contributed by atoms with Crippen LogP contribution in [0.2, 0.25) is 0 Å². The van der Waals surface area contributed by atoms with Gasteiger partial charge >= 0.3 is 0 Å². The van der Waals surface area contributed by atoms with Crippen LogP contribution in [0.3, 0.4) is 0 Å². The third-order valence-corrected chi connectivity index (χ3v) is 5.83. The standard InChI is InChI=1S/C16H22N4O6S.ClH/c1-27(24,25)12-2-3-14(15(10-12)20(22)23)18-5-7-19(8-6-18)16(21)13-11-26-9-4-17-13;/h2-3,10,13,17H,4-9,11H2,1H3;1H. The Morgan fingerprint density at radius 3 is 2.50 bits per heavy atom. The average Bonchev–Trinajstić information content (AvgIpc) is 2.67. The van der Waals surface area contributed by atoms with Gasteiger partial charge in [-0.15, -0.1) is 12.4 Å². The van der Waals surface area contributed by atoms with Crippen molar-refractivity contribution in [1.82, 2.24) is 10.2 Å². The maximum absolute atomic E-state index is 12.5. The van der Waals surface area contributed by atoms with Crippen LogP contribution in [0.4, 0.5) is 11.4 Å².